The van der Waals surface area contributed by atoms with E-state index in [9.17, 15) is 9.18 Å². The third kappa shape index (κ3) is 2.82. The van der Waals surface area contributed by atoms with E-state index >= 15 is 0 Å². The highest BCUT2D eigenvalue weighted by Crippen LogP contribution is 2.21. The van der Waals surface area contributed by atoms with Crippen LogP contribution in [0.4, 0.5) is 4.39 Å². The number of carbonyl (C=O) groups is 1. The lowest BCUT2D eigenvalue weighted by Gasteiger charge is -2.21. The smallest absolute Gasteiger partial charge is 0.140 e. The second-order valence-corrected chi connectivity index (χ2v) is 4.15. The molecule has 1 heterocycles. The Morgan fingerprint density at radius 1 is 1.53 bits per heavy atom. The molecule has 0 aliphatic carbocycles. The lowest BCUT2D eigenvalue weighted by Crippen LogP contribution is -2.29. The fourth-order valence-corrected chi connectivity index (χ4v) is 1.95. The Labute approximate surface area is 99.5 Å². The molecule has 0 aromatic heterocycles. The van der Waals surface area contributed by atoms with Gasteiger partial charge >= 0.3 is 0 Å². The van der Waals surface area contributed by atoms with E-state index < -0.39 is 0 Å². The highest BCUT2D eigenvalue weighted by atomic mass is 19.1. The molecule has 1 aromatic carbocycles. The molecule has 0 radical (unpaired) electrons. The first-order valence-electron chi connectivity index (χ1n) is 5.63. The van der Waals surface area contributed by atoms with Crippen LogP contribution in [0.2, 0.25) is 0 Å². The fraction of sp³-hybridized carbons (Fsp3) is 0.462. The van der Waals surface area contributed by atoms with Crippen LogP contribution in [0.25, 0.3) is 0 Å². The van der Waals surface area contributed by atoms with Gasteiger partial charge in [0.2, 0.25) is 0 Å². The molecule has 2 rings (SSSR count). The molecule has 1 aliphatic heterocycles. The van der Waals surface area contributed by atoms with Crippen molar-refractivity contribution in [1.29, 1.82) is 0 Å². The van der Waals surface area contributed by atoms with Crippen LogP contribution in [0.5, 0.6) is 5.75 Å². The summed E-state index contributed by atoms with van der Waals surface area (Å²) in [5.74, 6) is 0.0957. The van der Waals surface area contributed by atoms with E-state index in [0.717, 1.165) is 0 Å². The largest absolute Gasteiger partial charge is 0.497 e. The van der Waals surface area contributed by atoms with Gasteiger partial charge in [0.15, 0.2) is 0 Å². The molecule has 0 saturated carbocycles. The van der Waals surface area contributed by atoms with Crippen LogP contribution in [-0.2, 0) is 16.0 Å². The average Bonchev–Trinajstić information content (AvgIpc) is 2.34. The lowest BCUT2D eigenvalue weighted by molar-refractivity contribution is -0.130. The Morgan fingerprint density at radius 3 is 3.00 bits per heavy atom. The zero-order valence-electron chi connectivity index (χ0n) is 9.74. The highest BCUT2D eigenvalue weighted by molar-refractivity contribution is 5.82. The SMILES string of the molecule is COc1ccc(CC2COCCC2=O)c(F)c1. The summed E-state index contributed by atoms with van der Waals surface area (Å²) < 4.78 is 23.9. The van der Waals surface area contributed by atoms with E-state index in [1.807, 2.05) is 0 Å². The average molecular weight is 238 g/mol. The number of hydrogen-bond acceptors (Lipinski definition) is 3. The summed E-state index contributed by atoms with van der Waals surface area (Å²) in [5, 5.41) is 0. The minimum absolute atomic E-state index is 0.159. The Balaban J connectivity index is 2.10. The molecule has 0 spiro atoms. The predicted molar refractivity (Wildman–Crippen MR) is 60.6 cm³/mol. The molecule has 92 valence electrons. The summed E-state index contributed by atoms with van der Waals surface area (Å²) in [6.07, 6.45) is 0.830. The maximum Gasteiger partial charge on any atom is 0.140 e. The zero-order valence-corrected chi connectivity index (χ0v) is 9.74. The summed E-state index contributed by atoms with van der Waals surface area (Å²) in [7, 11) is 1.49. The molecule has 4 heteroatoms. The van der Waals surface area contributed by atoms with Crippen molar-refractivity contribution in [2.45, 2.75) is 12.8 Å². The molecule has 1 aromatic rings. The molecule has 1 fully saturated rings. The summed E-state index contributed by atoms with van der Waals surface area (Å²) in [6, 6.07) is 4.70. The number of Topliss-reactive ketones (excluding diaryl/α,β-unsaturated/α-hetero) is 1. The molecule has 1 saturated heterocycles. The second kappa shape index (κ2) is 5.27. The van der Waals surface area contributed by atoms with E-state index in [-0.39, 0.29) is 17.5 Å². The minimum Gasteiger partial charge on any atom is -0.497 e. The van der Waals surface area contributed by atoms with Crippen molar-refractivity contribution >= 4 is 5.78 Å². The number of rotatable bonds is 3. The predicted octanol–water partition coefficient (Wildman–Crippen LogP) is 1.98. The van der Waals surface area contributed by atoms with Crippen LogP contribution in [0.15, 0.2) is 18.2 Å². The number of benzene rings is 1. The third-order valence-corrected chi connectivity index (χ3v) is 2.99. The Hall–Kier alpha value is -1.42. The first-order chi connectivity index (χ1) is 8.20. The van der Waals surface area contributed by atoms with Crippen molar-refractivity contribution in [2.24, 2.45) is 5.92 Å². The van der Waals surface area contributed by atoms with Crippen LogP contribution in [0.1, 0.15) is 12.0 Å². The standard InChI is InChI=1S/C13H15FO3/c1-16-11-3-2-9(12(14)7-11)6-10-8-17-5-4-13(10)15/h2-3,7,10H,4-6,8H2,1H3. The summed E-state index contributed by atoms with van der Waals surface area (Å²) in [6.45, 7) is 0.880. The summed E-state index contributed by atoms with van der Waals surface area (Å²) in [5.41, 5.74) is 0.537. The first kappa shape index (κ1) is 12.0. The van der Waals surface area contributed by atoms with Gasteiger partial charge in [-0.1, -0.05) is 6.07 Å². The van der Waals surface area contributed by atoms with E-state index in [0.29, 0.717) is 37.4 Å². The number of carbonyl (C=O) groups excluding carboxylic acids is 1. The monoisotopic (exact) mass is 238 g/mol. The van der Waals surface area contributed by atoms with E-state index in [1.54, 1.807) is 12.1 Å². The van der Waals surface area contributed by atoms with Crippen LogP contribution in [0.3, 0.4) is 0 Å². The number of methoxy groups -OCH3 is 1. The van der Waals surface area contributed by atoms with Crippen molar-refractivity contribution in [3.8, 4) is 5.75 Å². The zero-order chi connectivity index (χ0) is 12.3. The fourth-order valence-electron chi connectivity index (χ4n) is 1.95. The first-order valence-corrected chi connectivity index (χ1v) is 5.63. The minimum atomic E-state index is -0.331. The van der Waals surface area contributed by atoms with Gasteiger partial charge in [-0.2, -0.15) is 0 Å². The van der Waals surface area contributed by atoms with Crippen molar-refractivity contribution < 1.29 is 18.7 Å². The molecule has 0 N–H and O–H groups in total. The van der Waals surface area contributed by atoms with Gasteiger partial charge in [-0.05, 0) is 18.1 Å². The summed E-state index contributed by atoms with van der Waals surface area (Å²) in [4.78, 5) is 11.6. The van der Waals surface area contributed by atoms with Gasteiger partial charge in [0.25, 0.3) is 0 Å². The van der Waals surface area contributed by atoms with Crippen LogP contribution >= 0.6 is 0 Å². The Kier molecular flexibility index (Phi) is 3.74. The normalized spacial score (nSPS) is 20.4. The molecular weight excluding hydrogens is 223 g/mol. The van der Waals surface area contributed by atoms with E-state index in [2.05, 4.69) is 0 Å². The van der Waals surface area contributed by atoms with Crippen LogP contribution < -0.4 is 4.74 Å². The van der Waals surface area contributed by atoms with E-state index in [1.165, 1.54) is 13.2 Å². The molecule has 0 amide bonds. The third-order valence-electron chi connectivity index (χ3n) is 2.99. The Bertz CT molecular complexity index is 417. The van der Waals surface area contributed by atoms with Gasteiger partial charge < -0.3 is 9.47 Å². The van der Waals surface area contributed by atoms with Crippen LogP contribution in [-0.4, -0.2) is 26.1 Å². The Morgan fingerprint density at radius 2 is 2.35 bits per heavy atom. The second-order valence-electron chi connectivity index (χ2n) is 4.15. The molecule has 17 heavy (non-hydrogen) atoms. The van der Waals surface area contributed by atoms with Gasteiger partial charge in [-0.3, -0.25) is 4.79 Å². The molecule has 3 nitrogen and oxygen atoms in total. The number of hydrogen-bond donors (Lipinski definition) is 0. The summed E-state index contributed by atoms with van der Waals surface area (Å²) >= 11 is 0. The lowest BCUT2D eigenvalue weighted by atomic mass is 9.93. The van der Waals surface area contributed by atoms with Gasteiger partial charge in [0.05, 0.1) is 20.3 Å². The van der Waals surface area contributed by atoms with Crippen molar-refractivity contribution in [3.63, 3.8) is 0 Å². The van der Waals surface area contributed by atoms with Gasteiger partial charge in [0.1, 0.15) is 17.3 Å². The van der Waals surface area contributed by atoms with Gasteiger partial charge in [-0.25, -0.2) is 4.39 Å². The maximum atomic E-state index is 13.7. The topological polar surface area (TPSA) is 35.5 Å². The van der Waals surface area contributed by atoms with Crippen molar-refractivity contribution in [1.82, 2.24) is 0 Å². The molecule has 1 aliphatic rings. The quantitative estimate of drug-likeness (QED) is 0.807. The van der Waals surface area contributed by atoms with Crippen molar-refractivity contribution in [3.05, 3.63) is 29.6 Å². The number of ketones is 1. The molecule has 0 bridgehead atoms. The van der Waals surface area contributed by atoms with Crippen molar-refractivity contribution in [2.75, 3.05) is 20.3 Å². The van der Waals surface area contributed by atoms with Gasteiger partial charge in [0, 0.05) is 18.4 Å². The number of halogens is 1. The maximum absolute atomic E-state index is 13.7. The molecular formula is C13H15FO3. The molecule has 1 unspecified atom stereocenters. The van der Waals surface area contributed by atoms with Gasteiger partial charge in [-0.15, -0.1) is 0 Å². The highest BCUT2D eigenvalue weighted by Gasteiger charge is 2.24. The van der Waals surface area contributed by atoms with E-state index in [4.69, 9.17) is 9.47 Å². The number of ether oxygens (including phenoxy) is 2. The van der Waals surface area contributed by atoms with Crippen LogP contribution in [0, 0.1) is 11.7 Å². The molecule has 1 atom stereocenters.